The van der Waals surface area contributed by atoms with Crippen LogP contribution in [0.5, 0.6) is 0 Å². The van der Waals surface area contributed by atoms with E-state index in [0.29, 0.717) is 0 Å². The Bertz CT molecular complexity index is 805. The normalized spacial score (nSPS) is 12.4. The van der Waals surface area contributed by atoms with Gasteiger partial charge < -0.3 is 10.3 Å². The summed E-state index contributed by atoms with van der Waals surface area (Å²) in [5.41, 5.74) is 4.06. The van der Waals surface area contributed by atoms with Crippen molar-refractivity contribution in [3.8, 4) is 0 Å². The van der Waals surface area contributed by atoms with Gasteiger partial charge in [-0.25, -0.2) is 0 Å². The molecule has 0 fully saturated rings. The summed E-state index contributed by atoms with van der Waals surface area (Å²) in [6.07, 6.45) is 2.79. The minimum absolute atomic E-state index is 0.109. The molecule has 2 aromatic carbocycles. The summed E-state index contributed by atoms with van der Waals surface area (Å²) in [4.78, 5) is 16.4. The first-order valence-electron chi connectivity index (χ1n) is 8.17. The first-order valence-corrected chi connectivity index (χ1v) is 8.17. The zero-order valence-electron chi connectivity index (χ0n) is 13.6. The van der Waals surface area contributed by atoms with Crippen molar-refractivity contribution in [2.45, 2.75) is 26.3 Å². The average Bonchev–Trinajstić information content (AvgIpc) is 3.04. The van der Waals surface area contributed by atoms with E-state index in [2.05, 4.69) is 23.3 Å². The molecule has 0 saturated heterocycles. The van der Waals surface area contributed by atoms with Crippen LogP contribution in [0.25, 0.3) is 10.9 Å². The van der Waals surface area contributed by atoms with Gasteiger partial charge in [0.2, 0.25) is 0 Å². The number of ketones is 1. The van der Waals surface area contributed by atoms with Crippen LogP contribution in [-0.2, 0) is 6.42 Å². The number of hydrogen-bond acceptors (Lipinski definition) is 2. The van der Waals surface area contributed by atoms with Crippen molar-refractivity contribution >= 4 is 16.7 Å². The monoisotopic (exact) mass is 306 g/mol. The van der Waals surface area contributed by atoms with Gasteiger partial charge in [0.25, 0.3) is 0 Å². The van der Waals surface area contributed by atoms with E-state index in [4.69, 9.17) is 0 Å². The SMILES string of the molecule is CCN[C@H](C(=O)c1c[nH]c2c(CC)cccc12)c1ccccc1. The maximum atomic E-state index is 13.1. The number of aromatic amines is 1. The zero-order valence-corrected chi connectivity index (χ0v) is 13.6. The van der Waals surface area contributed by atoms with Gasteiger partial charge in [0, 0.05) is 22.7 Å². The van der Waals surface area contributed by atoms with E-state index in [1.54, 1.807) is 0 Å². The lowest BCUT2D eigenvalue weighted by molar-refractivity contribution is 0.0945. The number of carbonyl (C=O) groups excluding carboxylic acids is 1. The smallest absolute Gasteiger partial charge is 0.186 e. The standard InChI is InChI=1S/C20H22N2O/c1-3-14-11-8-12-16-17(13-22-18(14)16)20(23)19(21-4-2)15-9-6-5-7-10-15/h5-13,19,21-22H,3-4H2,1-2H3/t19-/m0/s1. The van der Waals surface area contributed by atoms with E-state index in [1.807, 2.05) is 55.6 Å². The third kappa shape index (κ3) is 2.92. The summed E-state index contributed by atoms with van der Waals surface area (Å²) in [5.74, 6) is 0.109. The Kier molecular flexibility index (Phi) is 4.58. The van der Waals surface area contributed by atoms with E-state index in [-0.39, 0.29) is 11.8 Å². The van der Waals surface area contributed by atoms with E-state index in [1.165, 1.54) is 5.56 Å². The molecule has 1 aromatic heterocycles. The Balaban J connectivity index is 2.04. The molecular weight excluding hydrogens is 284 g/mol. The fourth-order valence-corrected chi connectivity index (χ4v) is 3.08. The molecular formula is C20H22N2O. The molecule has 0 saturated carbocycles. The molecule has 1 heterocycles. The van der Waals surface area contributed by atoms with Crippen LogP contribution in [0.1, 0.15) is 41.4 Å². The van der Waals surface area contributed by atoms with Crippen LogP contribution in [0.4, 0.5) is 0 Å². The highest BCUT2D eigenvalue weighted by molar-refractivity contribution is 6.11. The van der Waals surface area contributed by atoms with Crippen molar-refractivity contribution in [3.05, 3.63) is 71.4 Å². The molecule has 0 aliphatic carbocycles. The van der Waals surface area contributed by atoms with Crippen LogP contribution < -0.4 is 5.32 Å². The molecule has 0 radical (unpaired) electrons. The molecule has 3 aromatic rings. The number of aromatic nitrogens is 1. The summed E-state index contributed by atoms with van der Waals surface area (Å²) in [7, 11) is 0. The van der Waals surface area contributed by atoms with E-state index >= 15 is 0 Å². The van der Waals surface area contributed by atoms with Gasteiger partial charge in [-0.2, -0.15) is 0 Å². The molecule has 0 aliphatic rings. The van der Waals surface area contributed by atoms with Crippen molar-refractivity contribution in [2.75, 3.05) is 6.54 Å². The van der Waals surface area contributed by atoms with Crippen LogP contribution >= 0.6 is 0 Å². The molecule has 0 unspecified atom stereocenters. The summed E-state index contributed by atoms with van der Waals surface area (Å²) in [6, 6.07) is 15.7. The van der Waals surface area contributed by atoms with Gasteiger partial charge in [-0.15, -0.1) is 0 Å². The lowest BCUT2D eigenvalue weighted by Gasteiger charge is -2.17. The number of likely N-dealkylation sites (N-methyl/N-ethyl adjacent to an activating group) is 1. The summed E-state index contributed by atoms with van der Waals surface area (Å²) >= 11 is 0. The van der Waals surface area contributed by atoms with Crippen LogP contribution in [-0.4, -0.2) is 17.3 Å². The molecule has 2 N–H and O–H groups in total. The molecule has 3 nitrogen and oxygen atoms in total. The number of fused-ring (bicyclic) bond motifs is 1. The Morgan fingerprint density at radius 1 is 1.09 bits per heavy atom. The van der Waals surface area contributed by atoms with Gasteiger partial charge in [-0.1, -0.05) is 62.4 Å². The van der Waals surface area contributed by atoms with Crippen molar-refractivity contribution in [2.24, 2.45) is 0 Å². The fraction of sp³-hybridized carbons (Fsp3) is 0.250. The molecule has 118 valence electrons. The van der Waals surface area contributed by atoms with Crippen LogP contribution in [0.15, 0.2) is 54.7 Å². The Morgan fingerprint density at radius 2 is 1.87 bits per heavy atom. The van der Waals surface area contributed by atoms with Crippen LogP contribution in [0, 0.1) is 0 Å². The van der Waals surface area contributed by atoms with Crippen molar-refractivity contribution < 1.29 is 4.79 Å². The van der Waals surface area contributed by atoms with Crippen LogP contribution in [0.3, 0.4) is 0 Å². The summed E-state index contributed by atoms with van der Waals surface area (Å²) in [6.45, 7) is 4.89. The predicted octanol–water partition coefficient (Wildman–Crippen LogP) is 4.26. The van der Waals surface area contributed by atoms with Crippen molar-refractivity contribution in [1.82, 2.24) is 10.3 Å². The first-order chi connectivity index (χ1) is 11.3. The molecule has 3 heteroatoms. The van der Waals surface area contributed by atoms with Gasteiger partial charge in [0.15, 0.2) is 5.78 Å². The highest BCUT2D eigenvalue weighted by Crippen LogP contribution is 2.26. The predicted molar refractivity (Wildman–Crippen MR) is 94.9 cm³/mol. The van der Waals surface area contributed by atoms with Gasteiger partial charge in [-0.05, 0) is 24.1 Å². The van der Waals surface area contributed by atoms with Crippen molar-refractivity contribution in [3.63, 3.8) is 0 Å². The largest absolute Gasteiger partial charge is 0.360 e. The molecule has 0 amide bonds. The quantitative estimate of drug-likeness (QED) is 0.668. The van der Waals surface area contributed by atoms with Crippen LogP contribution in [0.2, 0.25) is 0 Å². The maximum absolute atomic E-state index is 13.1. The minimum atomic E-state index is -0.314. The number of nitrogens with one attached hydrogen (secondary N) is 2. The third-order valence-electron chi connectivity index (χ3n) is 4.25. The average molecular weight is 306 g/mol. The number of carbonyl (C=O) groups is 1. The van der Waals surface area contributed by atoms with Gasteiger partial charge in [0.1, 0.15) is 0 Å². The summed E-state index contributed by atoms with van der Waals surface area (Å²) < 4.78 is 0. The number of H-pyrrole nitrogens is 1. The van der Waals surface area contributed by atoms with Gasteiger partial charge >= 0.3 is 0 Å². The maximum Gasteiger partial charge on any atom is 0.186 e. The zero-order chi connectivity index (χ0) is 16.2. The van der Waals surface area contributed by atoms with E-state index in [9.17, 15) is 4.79 Å². The second-order valence-corrected chi connectivity index (χ2v) is 5.66. The molecule has 0 aliphatic heterocycles. The lowest BCUT2D eigenvalue weighted by atomic mass is 9.96. The second kappa shape index (κ2) is 6.80. The van der Waals surface area contributed by atoms with E-state index in [0.717, 1.165) is 35.0 Å². The molecule has 1 atom stereocenters. The highest BCUT2D eigenvalue weighted by atomic mass is 16.1. The third-order valence-corrected chi connectivity index (χ3v) is 4.25. The van der Waals surface area contributed by atoms with Crippen molar-refractivity contribution in [1.29, 1.82) is 0 Å². The number of aryl methyl sites for hydroxylation is 1. The Morgan fingerprint density at radius 3 is 2.57 bits per heavy atom. The molecule has 0 spiro atoms. The number of benzene rings is 2. The Hall–Kier alpha value is -2.39. The van der Waals surface area contributed by atoms with Gasteiger partial charge in [0.05, 0.1) is 6.04 Å². The first kappa shape index (κ1) is 15.5. The summed E-state index contributed by atoms with van der Waals surface area (Å²) in [5, 5.41) is 4.32. The minimum Gasteiger partial charge on any atom is -0.360 e. The number of para-hydroxylation sites is 1. The van der Waals surface area contributed by atoms with E-state index < -0.39 is 0 Å². The molecule has 0 bridgehead atoms. The number of Topliss-reactive ketones (excluding diaryl/α,β-unsaturated/α-hetero) is 1. The second-order valence-electron chi connectivity index (χ2n) is 5.66. The topological polar surface area (TPSA) is 44.9 Å². The van der Waals surface area contributed by atoms with Gasteiger partial charge in [-0.3, -0.25) is 4.79 Å². The number of rotatable bonds is 6. The lowest BCUT2D eigenvalue weighted by Crippen LogP contribution is -2.28. The highest BCUT2D eigenvalue weighted by Gasteiger charge is 2.23. The fourth-order valence-electron chi connectivity index (χ4n) is 3.08. The Labute approximate surface area is 136 Å². The molecule has 3 rings (SSSR count). The number of hydrogen-bond donors (Lipinski definition) is 2. The molecule has 23 heavy (non-hydrogen) atoms.